The second-order valence-electron chi connectivity index (χ2n) is 6.88. The fraction of sp³-hybridized carbons (Fsp3) is 0.364. The summed E-state index contributed by atoms with van der Waals surface area (Å²) < 4.78 is 4.97. The summed E-state index contributed by atoms with van der Waals surface area (Å²) >= 11 is 0. The Kier molecular flexibility index (Phi) is 8.17. The number of amides is 1. The number of ether oxygens (including phenoxy) is 1. The molecule has 2 aromatic carbocycles. The molecular formula is C22H28N2O4. The molecule has 150 valence electrons. The largest absolute Gasteiger partial charge is 0.464 e. The molecule has 2 N–H and O–H groups in total. The average Bonchev–Trinajstić information content (AvgIpc) is 2.69. The van der Waals surface area contributed by atoms with Crippen molar-refractivity contribution in [1.29, 1.82) is 0 Å². The van der Waals surface area contributed by atoms with Gasteiger partial charge in [-0.05, 0) is 25.0 Å². The van der Waals surface area contributed by atoms with Crippen LogP contribution in [0.4, 0.5) is 0 Å². The SMILES string of the molecule is CCOC(=O)[C@@](C)(CO)NC(=O)CN(Cc1ccccc1)Cc1ccccc1. The summed E-state index contributed by atoms with van der Waals surface area (Å²) in [5, 5.41) is 12.2. The van der Waals surface area contributed by atoms with Gasteiger partial charge in [0.05, 0.1) is 19.8 Å². The number of carbonyl (C=O) groups is 2. The molecule has 0 aliphatic heterocycles. The summed E-state index contributed by atoms with van der Waals surface area (Å²) in [5.41, 5.74) is 0.709. The highest BCUT2D eigenvalue weighted by molar-refractivity contribution is 5.88. The lowest BCUT2D eigenvalue weighted by molar-refractivity contribution is -0.154. The minimum atomic E-state index is -1.46. The van der Waals surface area contributed by atoms with Crippen molar-refractivity contribution in [3.8, 4) is 0 Å². The van der Waals surface area contributed by atoms with Gasteiger partial charge in [-0.15, -0.1) is 0 Å². The lowest BCUT2D eigenvalue weighted by atomic mass is 10.0. The molecule has 0 unspecified atom stereocenters. The molecule has 0 aliphatic rings. The van der Waals surface area contributed by atoms with Gasteiger partial charge in [-0.25, -0.2) is 4.79 Å². The van der Waals surface area contributed by atoms with Crippen molar-refractivity contribution in [2.75, 3.05) is 19.8 Å². The Balaban J connectivity index is 2.09. The Bertz CT molecular complexity index is 710. The van der Waals surface area contributed by atoms with Crippen LogP contribution in [0.15, 0.2) is 60.7 Å². The van der Waals surface area contributed by atoms with E-state index >= 15 is 0 Å². The molecule has 0 aromatic heterocycles. The summed E-state index contributed by atoms with van der Waals surface area (Å²) in [6, 6.07) is 19.8. The van der Waals surface area contributed by atoms with Crippen molar-refractivity contribution in [2.45, 2.75) is 32.5 Å². The molecule has 0 spiro atoms. The third kappa shape index (κ3) is 6.48. The summed E-state index contributed by atoms with van der Waals surface area (Å²) in [6.07, 6.45) is 0. The second-order valence-corrected chi connectivity index (χ2v) is 6.88. The lowest BCUT2D eigenvalue weighted by Gasteiger charge is -2.28. The Labute approximate surface area is 166 Å². The number of aliphatic hydroxyl groups excluding tert-OH is 1. The Morgan fingerprint density at radius 1 is 1.00 bits per heavy atom. The van der Waals surface area contributed by atoms with Crippen LogP contribution in [0.3, 0.4) is 0 Å². The van der Waals surface area contributed by atoms with Crippen LogP contribution in [-0.4, -0.2) is 47.2 Å². The number of carbonyl (C=O) groups excluding carboxylic acids is 2. The van der Waals surface area contributed by atoms with Gasteiger partial charge in [-0.1, -0.05) is 60.7 Å². The van der Waals surface area contributed by atoms with Gasteiger partial charge >= 0.3 is 5.97 Å². The smallest absolute Gasteiger partial charge is 0.333 e. The normalized spacial score (nSPS) is 13.0. The van der Waals surface area contributed by atoms with E-state index in [-0.39, 0.29) is 19.1 Å². The van der Waals surface area contributed by atoms with Crippen molar-refractivity contribution in [3.05, 3.63) is 71.8 Å². The summed E-state index contributed by atoms with van der Waals surface area (Å²) in [4.78, 5) is 26.7. The molecule has 0 radical (unpaired) electrons. The summed E-state index contributed by atoms with van der Waals surface area (Å²) in [7, 11) is 0. The van der Waals surface area contributed by atoms with Gasteiger partial charge in [0.2, 0.25) is 5.91 Å². The zero-order chi connectivity index (χ0) is 20.4. The van der Waals surface area contributed by atoms with Gasteiger partial charge < -0.3 is 15.2 Å². The summed E-state index contributed by atoms with van der Waals surface area (Å²) in [6.45, 7) is 4.03. The quantitative estimate of drug-likeness (QED) is 0.614. The fourth-order valence-corrected chi connectivity index (χ4v) is 2.85. The number of nitrogens with one attached hydrogen (secondary N) is 1. The Morgan fingerprint density at radius 2 is 1.50 bits per heavy atom. The first-order valence-corrected chi connectivity index (χ1v) is 9.36. The van der Waals surface area contributed by atoms with Crippen LogP contribution >= 0.6 is 0 Å². The average molecular weight is 384 g/mol. The molecule has 2 aromatic rings. The zero-order valence-electron chi connectivity index (χ0n) is 16.4. The topological polar surface area (TPSA) is 78.9 Å². The van der Waals surface area contributed by atoms with Gasteiger partial charge in [-0.2, -0.15) is 0 Å². The van der Waals surface area contributed by atoms with E-state index in [1.165, 1.54) is 6.92 Å². The molecule has 0 bridgehead atoms. The monoisotopic (exact) mass is 384 g/mol. The number of benzene rings is 2. The van der Waals surface area contributed by atoms with E-state index in [9.17, 15) is 14.7 Å². The first-order chi connectivity index (χ1) is 13.5. The minimum Gasteiger partial charge on any atom is -0.464 e. The van der Waals surface area contributed by atoms with Crippen molar-refractivity contribution < 1.29 is 19.4 Å². The Morgan fingerprint density at radius 3 is 1.93 bits per heavy atom. The number of hydrogen-bond donors (Lipinski definition) is 2. The fourth-order valence-electron chi connectivity index (χ4n) is 2.85. The van der Waals surface area contributed by atoms with Crippen molar-refractivity contribution >= 4 is 11.9 Å². The van der Waals surface area contributed by atoms with Gasteiger partial charge in [-0.3, -0.25) is 9.69 Å². The van der Waals surface area contributed by atoms with Gasteiger partial charge in [0.1, 0.15) is 0 Å². The number of hydrogen-bond acceptors (Lipinski definition) is 5. The van der Waals surface area contributed by atoms with E-state index in [2.05, 4.69) is 5.32 Å². The van der Waals surface area contributed by atoms with Crippen molar-refractivity contribution in [2.24, 2.45) is 0 Å². The standard InChI is InChI=1S/C22H28N2O4/c1-3-28-21(27)22(2,17-25)23-20(26)16-24(14-18-10-6-4-7-11-18)15-19-12-8-5-9-13-19/h4-13,25H,3,14-17H2,1-2H3,(H,23,26)/t22-/m1/s1. The highest BCUT2D eigenvalue weighted by Gasteiger charge is 2.36. The highest BCUT2D eigenvalue weighted by Crippen LogP contribution is 2.11. The molecule has 0 fully saturated rings. The van der Waals surface area contributed by atoms with Gasteiger partial charge in [0.15, 0.2) is 5.54 Å². The van der Waals surface area contributed by atoms with E-state index in [1.54, 1.807) is 6.92 Å². The van der Waals surface area contributed by atoms with E-state index in [1.807, 2.05) is 65.6 Å². The summed E-state index contributed by atoms with van der Waals surface area (Å²) in [5.74, 6) is -1.00. The predicted molar refractivity (Wildman–Crippen MR) is 107 cm³/mol. The Hall–Kier alpha value is -2.70. The van der Waals surface area contributed by atoms with Crippen LogP contribution in [0.25, 0.3) is 0 Å². The molecule has 0 saturated carbocycles. The van der Waals surface area contributed by atoms with Gasteiger partial charge in [0.25, 0.3) is 0 Å². The van der Waals surface area contributed by atoms with Gasteiger partial charge in [0, 0.05) is 13.1 Å². The molecule has 1 atom stereocenters. The number of aliphatic hydroxyl groups is 1. The van der Waals surface area contributed by atoms with Crippen LogP contribution in [0.1, 0.15) is 25.0 Å². The molecule has 0 aliphatic carbocycles. The third-order valence-corrected chi connectivity index (χ3v) is 4.32. The molecule has 2 rings (SSSR count). The van der Waals surface area contributed by atoms with E-state index in [0.717, 1.165) is 11.1 Å². The predicted octanol–water partition coefficient (Wildman–Crippen LogP) is 2.12. The van der Waals surface area contributed by atoms with Crippen LogP contribution in [0.2, 0.25) is 0 Å². The third-order valence-electron chi connectivity index (χ3n) is 4.32. The maximum atomic E-state index is 12.6. The number of nitrogens with zero attached hydrogens (tertiary/aromatic N) is 1. The second kappa shape index (κ2) is 10.6. The molecular weight excluding hydrogens is 356 g/mol. The minimum absolute atomic E-state index is 0.0821. The van der Waals surface area contributed by atoms with Crippen LogP contribution in [-0.2, 0) is 27.4 Å². The highest BCUT2D eigenvalue weighted by atomic mass is 16.5. The maximum absolute atomic E-state index is 12.6. The lowest BCUT2D eigenvalue weighted by Crippen LogP contribution is -2.57. The van der Waals surface area contributed by atoms with Crippen LogP contribution in [0, 0.1) is 0 Å². The molecule has 0 heterocycles. The van der Waals surface area contributed by atoms with Crippen LogP contribution in [0.5, 0.6) is 0 Å². The first-order valence-electron chi connectivity index (χ1n) is 9.36. The number of esters is 1. The molecule has 28 heavy (non-hydrogen) atoms. The van der Waals surface area contributed by atoms with E-state index < -0.39 is 18.1 Å². The molecule has 6 heteroatoms. The zero-order valence-corrected chi connectivity index (χ0v) is 16.4. The van der Waals surface area contributed by atoms with Crippen LogP contribution < -0.4 is 5.32 Å². The van der Waals surface area contributed by atoms with Crippen molar-refractivity contribution in [3.63, 3.8) is 0 Å². The van der Waals surface area contributed by atoms with Crippen molar-refractivity contribution in [1.82, 2.24) is 10.2 Å². The molecule has 1 amide bonds. The maximum Gasteiger partial charge on any atom is 0.333 e. The van der Waals surface area contributed by atoms with E-state index in [0.29, 0.717) is 13.1 Å². The molecule has 0 saturated heterocycles. The van der Waals surface area contributed by atoms with E-state index in [4.69, 9.17) is 4.74 Å². The number of rotatable bonds is 10. The first kappa shape index (κ1) is 21.6. The molecule has 6 nitrogen and oxygen atoms in total.